The molecule has 90 valence electrons. The van der Waals surface area contributed by atoms with Gasteiger partial charge >= 0.3 is 0 Å². The smallest absolute Gasteiger partial charge is 0.180 e. The fourth-order valence-corrected chi connectivity index (χ4v) is 2.26. The van der Waals surface area contributed by atoms with Gasteiger partial charge in [-0.05, 0) is 12.0 Å². The van der Waals surface area contributed by atoms with Crippen LogP contribution in [0, 0.1) is 0 Å². The summed E-state index contributed by atoms with van der Waals surface area (Å²) < 4.78 is 1.81. The van der Waals surface area contributed by atoms with Crippen LogP contribution in [0.5, 0.6) is 0 Å². The lowest BCUT2D eigenvalue weighted by molar-refractivity contribution is 1.08. The third-order valence-corrected chi connectivity index (χ3v) is 3.18. The quantitative estimate of drug-likeness (QED) is 0.710. The molecule has 0 saturated heterocycles. The van der Waals surface area contributed by atoms with Crippen molar-refractivity contribution < 1.29 is 0 Å². The van der Waals surface area contributed by atoms with Crippen molar-refractivity contribution in [1.82, 2.24) is 19.6 Å². The Hall–Kier alpha value is -1.94. The minimum atomic E-state index is 0.512. The molecule has 18 heavy (non-hydrogen) atoms. The summed E-state index contributed by atoms with van der Waals surface area (Å²) in [6.45, 7) is 2.12. The van der Waals surface area contributed by atoms with E-state index in [2.05, 4.69) is 28.2 Å². The SMILES string of the molecule is CCc1ccccc1-c1nnc2cncc(Cl)n12. The topological polar surface area (TPSA) is 43.1 Å². The molecule has 5 heteroatoms. The summed E-state index contributed by atoms with van der Waals surface area (Å²) in [6.07, 6.45) is 4.18. The summed E-state index contributed by atoms with van der Waals surface area (Å²) in [5.41, 5.74) is 2.93. The molecule has 2 aromatic heterocycles. The van der Waals surface area contributed by atoms with Gasteiger partial charge in [-0.25, -0.2) is 0 Å². The van der Waals surface area contributed by atoms with Crippen LogP contribution in [0.15, 0.2) is 36.7 Å². The predicted octanol–water partition coefficient (Wildman–Crippen LogP) is 3.01. The number of halogens is 1. The molecule has 0 radical (unpaired) electrons. The number of rotatable bonds is 2. The average Bonchev–Trinajstić information content (AvgIpc) is 2.84. The Bertz CT molecular complexity index is 705. The first kappa shape index (κ1) is 11.2. The van der Waals surface area contributed by atoms with Gasteiger partial charge in [-0.2, -0.15) is 0 Å². The maximum Gasteiger partial charge on any atom is 0.180 e. The number of aryl methyl sites for hydroxylation is 1. The van der Waals surface area contributed by atoms with Crippen LogP contribution in [0.4, 0.5) is 0 Å². The lowest BCUT2D eigenvalue weighted by Gasteiger charge is -2.06. The van der Waals surface area contributed by atoms with Gasteiger partial charge in [-0.15, -0.1) is 10.2 Å². The van der Waals surface area contributed by atoms with Gasteiger partial charge in [0.1, 0.15) is 5.15 Å². The van der Waals surface area contributed by atoms with Gasteiger partial charge in [0.25, 0.3) is 0 Å². The number of benzene rings is 1. The zero-order valence-electron chi connectivity index (χ0n) is 9.84. The zero-order valence-corrected chi connectivity index (χ0v) is 10.6. The van der Waals surface area contributed by atoms with Crippen molar-refractivity contribution in [3.63, 3.8) is 0 Å². The van der Waals surface area contributed by atoms with Gasteiger partial charge < -0.3 is 0 Å². The monoisotopic (exact) mass is 258 g/mol. The summed E-state index contributed by atoms with van der Waals surface area (Å²) >= 11 is 6.17. The maximum atomic E-state index is 6.17. The summed E-state index contributed by atoms with van der Waals surface area (Å²) in [4.78, 5) is 4.01. The van der Waals surface area contributed by atoms with E-state index in [-0.39, 0.29) is 0 Å². The van der Waals surface area contributed by atoms with Crippen LogP contribution in [-0.2, 0) is 6.42 Å². The van der Waals surface area contributed by atoms with Crippen molar-refractivity contribution in [2.75, 3.05) is 0 Å². The fourth-order valence-electron chi connectivity index (χ4n) is 2.03. The third kappa shape index (κ3) is 1.66. The van der Waals surface area contributed by atoms with Crippen molar-refractivity contribution in [2.24, 2.45) is 0 Å². The highest BCUT2D eigenvalue weighted by atomic mass is 35.5. The van der Waals surface area contributed by atoms with E-state index >= 15 is 0 Å². The Morgan fingerprint density at radius 3 is 2.83 bits per heavy atom. The van der Waals surface area contributed by atoms with Gasteiger partial charge in [0.15, 0.2) is 11.5 Å². The molecular formula is C13H11ClN4. The van der Waals surface area contributed by atoms with E-state index < -0.39 is 0 Å². The first-order chi connectivity index (χ1) is 8.81. The summed E-state index contributed by atoms with van der Waals surface area (Å²) in [5, 5.41) is 8.83. The molecule has 0 aliphatic rings. The van der Waals surface area contributed by atoms with Gasteiger partial charge in [0.05, 0.1) is 12.4 Å². The van der Waals surface area contributed by atoms with Gasteiger partial charge in [0, 0.05) is 5.56 Å². The molecule has 0 unspecified atom stereocenters. The Kier molecular flexibility index (Phi) is 2.72. The highest BCUT2D eigenvalue weighted by molar-refractivity contribution is 6.29. The van der Waals surface area contributed by atoms with E-state index in [1.165, 1.54) is 5.56 Å². The molecule has 0 aliphatic carbocycles. The molecule has 0 amide bonds. The molecule has 0 aliphatic heterocycles. The minimum Gasteiger partial charge on any atom is -0.262 e. The van der Waals surface area contributed by atoms with Crippen molar-refractivity contribution >= 4 is 17.2 Å². The third-order valence-electron chi connectivity index (χ3n) is 2.91. The Morgan fingerprint density at radius 2 is 2.00 bits per heavy atom. The minimum absolute atomic E-state index is 0.512. The second kappa shape index (κ2) is 4.38. The molecule has 0 spiro atoms. The molecule has 3 aromatic rings. The van der Waals surface area contributed by atoms with E-state index in [0.29, 0.717) is 10.8 Å². The predicted molar refractivity (Wildman–Crippen MR) is 70.6 cm³/mol. The first-order valence-corrected chi connectivity index (χ1v) is 6.12. The van der Waals surface area contributed by atoms with Crippen LogP contribution in [-0.4, -0.2) is 19.6 Å². The number of hydrogen-bond acceptors (Lipinski definition) is 3. The molecule has 4 nitrogen and oxygen atoms in total. The largest absolute Gasteiger partial charge is 0.262 e. The Morgan fingerprint density at radius 1 is 1.17 bits per heavy atom. The average molecular weight is 259 g/mol. The van der Waals surface area contributed by atoms with Crippen molar-refractivity contribution in [1.29, 1.82) is 0 Å². The molecule has 3 rings (SSSR count). The molecule has 0 saturated carbocycles. The molecule has 1 aromatic carbocycles. The van der Waals surface area contributed by atoms with Gasteiger partial charge in [-0.1, -0.05) is 42.8 Å². The lowest BCUT2D eigenvalue weighted by atomic mass is 10.1. The molecule has 0 N–H and O–H groups in total. The lowest BCUT2D eigenvalue weighted by Crippen LogP contribution is -1.95. The van der Waals surface area contributed by atoms with E-state index in [1.54, 1.807) is 12.4 Å². The number of aromatic nitrogens is 4. The van der Waals surface area contributed by atoms with Crippen LogP contribution in [0.2, 0.25) is 5.15 Å². The van der Waals surface area contributed by atoms with E-state index in [0.717, 1.165) is 17.8 Å². The normalized spacial score (nSPS) is 11.0. The van der Waals surface area contributed by atoms with Crippen molar-refractivity contribution in [2.45, 2.75) is 13.3 Å². The van der Waals surface area contributed by atoms with Crippen molar-refractivity contribution in [3.8, 4) is 11.4 Å². The van der Waals surface area contributed by atoms with Crippen molar-refractivity contribution in [3.05, 3.63) is 47.4 Å². The molecule has 0 bridgehead atoms. The number of nitrogens with zero attached hydrogens (tertiary/aromatic N) is 4. The van der Waals surface area contributed by atoms with Crippen LogP contribution in [0.1, 0.15) is 12.5 Å². The van der Waals surface area contributed by atoms with Crippen LogP contribution in [0.3, 0.4) is 0 Å². The van der Waals surface area contributed by atoms with Gasteiger partial charge in [-0.3, -0.25) is 9.38 Å². The molecular weight excluding hydrogens is 248 g/mol. The summed E-state index contributed by atoms with van der Waals surface area (Å²) in [5.74, 6) is 0.759. The summed E-state index contributed by atoms with van der Waals surface area (Å²) in [7, 11) is 0. The molecule has 0 atom stereocenters. The van der Waals surface area contributed by atoms with Crippen LogP contribution in [0.25, 0.3) is 17.0 Å². The number of fused-ring (bicyclic) bond motifs is 1. The Labute approximate surface area is 109 Å². The van der Waals surface area contributed by atoms with Crippen LogP contribution >= 0.6 is 11.6 Å². The maximum absolute atomic E-state index is 6.17. The standard InChI is InChI=1S/C13H11ClN4/c1-2-9-5-3-4-6-10(9)13-17-16-12-8-15-7-11(14)18(12)13/h3-8H,2H2,1H3. The molecule has 2 heterocycles. The van der Waals surface area contributed by atoms with Crippen LogP contribution < -0.4 is 0 Å². The van der Waals surface area contributed by atoms with E-state index in [1.807, 2.05) is 22.6 Å². The second-order valence-electron chi connectivity index (χ2n) is 3.96. The molecule has 0 fully saturated rings. The zero-order chi connectivity index (χ0) is 12.5. The highest BCUT2D eigenvalue weighted by Gasteiger charge is 2.13. The number of hydrogen-bond donors (Lipinski definition) is 0. The Balaban J connectivity index is 2.32. The second-order valence-corrected chi connectivity index (χ2v) is 4.35. The van der Waals surface area contributed by atoms with Gasteiger partial charge in [0.2, 0.25) is 0 Å². The first-order valence-electron chi connectivity index (χ1n) is 5.74. The van der Waals surface area contributed by atoms with E-state index in [9.17, 15) is 0 Å². The van der Waals surface area contributed by atoms with E-state index in [4.69, 9.17) is 11.6 Å². The fraction of sp³-hybridized carbons (Fsp3) is 0.154. The highest BCUT2D eigenvalue weighted by Crippen LogP contribution is 2.25. The summed E-state index contributed by atoms with van der Waals surface area (Å²) in [6, 6.07) is 8.14.